The molecule has 6 heteroatoms. The van der Waals surface area contributed by atoms with Gasteiger partial charge in [-0.3, -0.25) is 0 Å². The van der Waals surface area contributed by atoms with E-state index in [1.807, 2.05) is 6.07 Å². The predicted molar refractivity (Wildman–Crippen MR) is 69.9 cm³/mol. The number of piperidine rings is 1. The fourth-order valence-electron chi connectivity index (χ4n) is 2.10. The molecule has 0 amide bonds. The number of primary sulfonamides is 1. The summed E-state index contributed by atoms with van der Waals surface area (Å²) in [5.74, 6) is 0.447. The van der Waals surface area contributed by atoms with Crippen LogP contribution in [0.15, 0.2) is 29.2 Å². The molecule has 1 saturated heterocycles. The minimum absolute atomic E-state index is 0. The van der Waals surface area contributed by atoms with Crippen LogP contribution in [0.3, 0.4) is 0 Å². The van der Waals surface area contributed by atoms with Gasteiger partial charge in [0.25, 0.3) is 0 Å². The van der Waals surface area contributed by atoms with Gasteiger partial charge in [0.15, 0.2) is 0 Å². The molecular formula is C11H17ClN2O2S. The molecule has 0 aliphatic carbocycles. The molecule has 0 atom stereocenters. The van der Waals surface area contributed by atoms with E-state index in [-0.39, 0.29) is 17.3 Å². The quantitative estimate of drug-likeness (QED) is 0.853. The maximum atomic E-state index is 11.2. The number of benzene rings is 1. The summed E-state index contributed by atoms with van der Waals surface area (Å²) in [6, 6.07) is 6.98. The summed E-state index contributed by atoms with van der Waals surface area (Å²) in [6.45, 7) is 1.98. The highest BCUT2D eigenvalue weighted by Gasteiger charge is 2.17. The molecule has 2 rings (SSSR count). The molecule has 3 N–H and O–H groups in total. The molecular weight excluding hydrogens is 260 g/mol. The Hall–Kier alpha value is -0.620. The van der Waals surface area contributed by atoms with Gasteiger partial charge in [0.05, 0.1) is 4.90 Å². The average molecular weight is 277 g/mol. The Morgan fingerprint density at radius 2 is 1.88 bits per heavy atom. The van der Waals surface area contributed by atoms with Crippen LogP contribution in [0, 0.1) is 0 Å². The van der Waals surface area contributed by atoms with E-state index in [0.29, 0.717) is 5.92 Å². The number of halogens is 1. The van der Waals surface area contributed by atoms with Crippen molar-refractivity contribution in [2.75, 3.05) is 13.1 Å². The standard InChI is InChI=1S/C11H16N2O2S.ClH/c12-16(14,15)11-3-1-2-10(8-11)9-4-6-13-7-5-9;/h1-3,8-9,13H,4-7H2,(H2,12,14,15);1H. The Balaban J connectivity index is 0.00000144. The molecule has 1 fully saturated rings. The van der Waals surface area contributed by atoms with Crippen molar-refractivity contribution in [3.8, 4) is 0 Å². The van der Waals surface area contributed by atoms with E-state index < -0.39 is 10.0 Å². The first kappa shape index (κ1) is 14.4. The molecule has 0 unspecified atom stereocenters. The minimum Gasteiger partial charge on any atom is -0.317 e. The van der Waals surface area contributed by atoms with E-state index in [1.165, 1.54) is 0 Å². The first-order chi connectivity index (χ1) is 7.57. The zero-order valence-electron chi connectivity index (χ0n) is 9.43. The van der Waals surface area contributed by atoms with Crippen LogP contribution in [0.25, 0.3) is 0 Å². The maximum absolute atomic E-state index is 11.2. The van der Waals surface area contributed by atoms with Gasteiger partial charge in [0.1, 0.15) is 0 Å². The molecule has 17 heavy (non-hydrogen) atoms. The molecule has 1 aromatic rings. The van der Waals surface area contributed by atoms with Gasteiger partial charge in [-0.1, -0.05) is 12.1 Å². The number of nitrogens with two attached hydrogens (primary N) is 1. The lowest BCUT2D eigenvalue weighted by Gasteiger charge is -2.23. The van der Waals surface area contributed by atoms with E-state index in [2.05, 4.69) is 5.32 Å². The smallest absolute Gasteiger partial charge is 0.238 e. The molecule has 4 nitrogen and oxygen atoms in total. The molecule has 1 aliphatic heterocycles. The molecule has 0 aromatic heterocycles. The Morgan fingerprint density at radius 3 is 2.47 bits per heavy atom. The number of rotatable bonds is 2. The maximum Gasteiger partial charge on any atom is 0.238 e. The third-order valence-electron chi connectivity index (χ3n) is 3.00. The van der Waals surface area contributed by atoms with E-state index in [9.17, 15) is 8.42 Å². The molecule has 96 valence electrons. The van der Waals surface area contributed by atoms with Gasteiger partial charge in [-0.15, -0.1) is 12.4 Å². The Bertz CT molecular complexity index is 470. The Morgan fingerprint density at radius 1 is 1.24 bits per heavy atom. The molecule has 1 aromatic carbocycles. The summed E-state index contributed by atoms with van der Waals surface area (Å²) in [5, 5.41) is 8.40. The van der Waals surface area contributed by atoms with E-state index in [4.69, 9.17) is 5.14 Å². The second-order valence-corrected chi connectivity index (χ2v) is 5.70. The van der Waals surface area contributed by atoms with Crippen molar-refractivity contribution in [3.63, 3.8) is 0 Å². The van der Waals surface area contributed by atoms with E-state index in [0.717, 1.165) is 31.5 Å². The molecule has 1 heterocycles. The Labute approximate surface area is 108 Å². The third kappa shape index (κ3) is 3.67. The van der Waals surface area contributed by atoms with Crippen LogP contribution in [0.5, 0.6) is 0 Å². The van der Waals surface area contributed by atoms with Crippen LogP contribution >= 0.6 is 12.4 Å². The van der Waals surface area contributed by atoms with Gasteiger partial charge in [-0.05, 0) is 49.5 Å². The zero-order chi connectivity index (χ0) is 11.6. The van der Waals surface area contributed by atoms with Crippen molar-refractivity contribution in [2.24, 2.45) is 5.14 Å². The highest BCUT2D eigenvalue weighted by atomic mass is 35.5. The van der Waals surface area contributed by atoms with Crippen LogP contribution in [-0.4, -0.2) is 21.5 Å². The van der Waals surface area contributed by atoms with Gasteiger partial charge in [0.2, 0.25) is 10.0 Å². The van der Waals surface area contributed by atoms with Crippen molar-refractivity contribution in [3.05, 3.63) is 29.8 Å². The molecule has 0 bridgehead atoms. The van der Waals surface area contributed by atoms with Gasteiger partial charge >= 0.3 is 0 Å². The third-order valence-corrected chi connectivity index (χ3v) is 3.91. The second-order valence-electron chi connectivity index (χ2n) is 4.14. The SMILES string of the molecule is Cl.NS(=O)(=O)c1cccc(C2CCNCC2)c1. The largest absolute Gasteiger partial charge is 0.317 e. The average Bonchev–Trinajstić information content (AvgIpc) is 2.29. The summed E-state index contributed by atoms with van der Waals surface area (Å²) < 4.78 is 22.5. The van der Waals surface area contributed by atoms with Crippen molar-refractivity contribution < 1.29 is 8.42 Å². The van der Waals surface area contributed by atoms with Crippen LogP contribution in [-0.2, 0) is 10.0 Å². The number of hydrogen-bond acceptors (Lipinski definition) is 3. The molecule has 1 aliphatic rings. The van der Waals surface area contributed by atoms with Gasteiger partial charge in [-0.25, -0.2) is 13.6 Å². The number of nitrogens with one attached hydrogen (secondary N) is 1. The van der Waals surface area contributed by atoms with Crippen LogP contribution in [0.1, 0.15) is 24.3 Å². The van der Waals surface area contributed by atoms with Crippen molar-refractivity contribution >= 4 is 22.4 Å². The van der Waals surface area contributed by atoms with Crippen LogP contribution < -0.4 is 10.5 Å². The van der Waals surface area contributed by atoms with Gasteiger partial charge < -0.3 is 5.32 Å². The lowest BCUT2D eigenvalue weighted by atomic mass is 9.90. The van der Waals surface area contributed by atoms with Crippen LogP contribution in [0.2, 0.25) is 0 Å². The monoisotopic (exact) mass is 276 g/mol. The fourth-order valence-corrected chi connectivity index (χ4v) is 2.67. The zero-order valence-corrected chi connectivity index (χ0v) is 11.1. The second kappa shape index (κ2) is 5.82. The van der Waals surface area contributed by atoms with Gasteiger partial charge in [0, 0.05) is 0 Å². The summed E-state index contributed by atoms with van der Waals surface area (Å²) in [6.07, 6.45) is 2.10. The lowest BCUT2D eigenvalue weighted by Crippen LogP contribution is -2.26. The highest BCUT2D eigenvalue weighted by molar-refractivity contribution is 7.89. The fraction of sp³-hybridized carbons (Fsp3) is 0.455. The highest BCUT2D eigenvalue weighted by Crippen LogP contribution is 2.26. The molecule has 0 spiro atoms. The van der Waals surface area contributed by atoms with E-state index >= 15 is 0 Å². The van der Waals surface area contributed by atoms with E-state index in [1.54, 1.807) is 18.2 Å². The topological polar surface area (TPSA) is 72.2 Å². The predicted octanol–water partition coefficient (Wildman–Crippen LogP) is 1.22. The summed E-state index contributed by atoms with van der Waals surface area (Å²) in [4.78, 5) is 0.212. The molecule has 0 radical (unpaired) electrons. The Kier molecular flexibility index (Phi) is 4.94. The van der Waals surface area contributed by atoms with Crippen molar-refractivity contribution in [1.82, 2.24) is 5.32 Å². The normalized spacial score (nSPS) is 17.5. The van der Waals surface area contributed by atoms with Gasteiger partial charge in [-0.2, -0.15) is 0 Å². The minimum atomic E-state index is -3.58. The number of hydrogen-bond donors (Lipinski definition) is 2. The first-order valence-electron chi connectivity index (χ1n) is 5.41. The summed E-state index contributed by atoms with van der Waals surface area (Å²) >= 11 is 0. The first-order valence-corrected chi connectivity index (χ1v) is 6.95. The van der Waals surface area contributed by atoms with Crippen LogP contribution in [0.4, 0.5) is 0 Å². The summed E-state index contributed by atoms with van der Waals surface area (Å²) in [7, 11) is -3.58. The molecule has 0 saturated carbocycles. The van der Waals surface area contributed by atoms with Crippen molar-refractivity contribution in [2.45, 2.75) is 23.7 Å². The summed E-state index contributed by atoms with van der Waals surface area (Å²) in [5.41, 5.74) is 1.08. The van der Waals surface area contributed by atoms with Crippen molar-refractivity contribution in [1.29, 1.82) is 0 Å². The lowest BCUT2D eigenvalue weighted by molar-refractivity contribution is 0.460. The number of sulfonamides is 1.